The van der Waals surface area contributed by atoms with Crippen molar-refractivity contribution in [2.75, 3.05) is 0 Å². The van der Waals surface area contributed by atoms with E-state index in [-0.39, 0.29) is 58.2 Å². The third kappa shape index (κ3) is 2.65. The Morgan fingerprint density at radius 3 is 1.70 bits per heavy atom. The standard InChI is InChI=1S/C24H8Br2N2O4.Rb/c25-13-5-12-16-10(22(30)28-24(12)32)4-2-8-18-14(26)6-11-15-9(21(29)27-23(11)31)3-1-7(19(15)18)17(13)20(8)16;/h1-6H,(H2,27,28,29,30,31,32);/q;+1/p-1. The normalized spacial score (nSPS) is 14.8. The maximum Gasteiger partial charge on any atom is 1.00 e. The molecule has 0 saturated heterocycles. The van der Waals surface area contributed by atoms with Crippen LogP contribution >= 0.6 is 31.9 Å². The molecular formula is C24H7Br2N2O4Rb. The molecule has 0 bridgehead atoms. The smallest absolute Gasteiger partial charge is 0.587 e. The summed E-state index contributed by atoms with van der Waals surface area (Å²) < 4.78 is 1.36. The van der Waals surface area contributed by atoms with Gasteiger partial charge in [0.2, 0.25) is 0 Å². The Kier molecular flexibility index (Phi) is 4.80. The molecule has 2 aliphatic rings. The number of hydrogen-bond donors (Lipinski definition) is 1. The van der Waals surface area contributed by atoms with Crippen LogP contribution in [0.4, 0.5) is 0 Å². The molecule has 0 aliphatic carbocycles. The van der Waals surface area contributed by atoms with Crippen LogP contribution in [-0.2, 0) is 0 Å². The van der Waals surface area contributed by atoms with Gasteiger partial charge in [0.05, 0.1) is 11.8 Å². The summed E-state index contributed by atoms with van der Waals surface area (Å²) in [5, 5.41) is 12.0. The largest absolute Gasteiger partial charge is 1.00 e. The summed E-state index contributed by atoms with van der Waals surface area (Å²) in [5.41, 5.74) is 1.60. The first-order chi connectivity index (χ1) is 15.4. The van der Waals surface area contributed by atoms with Crippen LogP contribution in [0.2, 0.25) is 0 Å². The summed E-state index contributed by atoms with van der Waals surface area (Å²) in [4.78, 5) is 50.3. The number of rotatable bonds is 0. The summed E-state index contributed by atoms with van der Waals surface area (Å²) in [7, 11) is 0. The van der Waals surface area contributed by atoms with Gasteiger partial charge in [0, 0.05) is 58.1 Å². The molecule has 2 aliphatic heterocycles. The van der Waals surface area contributed by atoms with Crippen molar-refractivity contribution < 1.29 is 77.4 Å². The molecular weight excluding hydrogens is 626 g/mol. The fraction of sp³-hybridized carbons (Fsp3) is 0. The predicted molar refractivity (Wildman–Crippen MR) is 127 cm³/mol. The molecule has 152 valence electrons. The fourth-order valence-electron chi connectivity index (χ4n) is 5.17. The number of nitrogens with zero attached hydrogens (tertiary/aromatic N) is 1. The van der Waals surface area contributed by atoms with Crippen molar-refractivity contribution in [3.05, 3.63) is 72.9 Å². The summed E-state index contributed by atoms with van der Waals surface area (Å²) in [6, 6.07) is 10.5. The summed E-state index contributed by atoms with van der Waals surface area (Å²) >= 11 is 7.25. The Morgan fingerprint density at radius 1 is 0.576 bits per heavy atom. The van der Waals surface area contributed by atoms with Crippen LogP contribution in [0, 0.1) is 0 Å². The van der Waals surface area contributed by atoms with E-state index in [0.29, 0.717) is 42.0 Å². The topological polar surface area (TPSA) is 94.4 Å². The number of carbonyl (C=O) groups is 4. The van der Waals surface area contributed by atoms with Crippen molar-refractivity contribution in [2.24, 2.45) is 0 Å². The zero-order valence-electron chi connectivity index (χ0n) is 16.8. The molecule has 6 nitrogen and oxygen atoms in total. The fourth-order valence-corrected chi connectivity index (χ4v) is 6.46. The molecule has 0 spiro atoms. The van der Waals surface area contributed by atoms with Gasteiger partial charge in [-0.25, -0.2) is 0 Å². The van der Waals surface area contributed by atoms with Crippen LogP contribution in [-0.4, -0.2) is 23.6 Å². The Hall–Kier alpha value is -1.55. The molecule has 0 unspecified atom stereocenters. The van der Waals surface area contributed by atoms with Crippen LogP contribution in [0.15, 0.2) is 45.3 Å². The van der Waals surface area contributed by atoms with Gasteiger partial charge in [0.1, 0.15) is 0 Å². The van der Waals surface area contributed by atoms with Gasteiger partial charge < -0.3 is 14.9 Å². The minimum absolute atomic E-state index is 0. The number of fused-ring (bicyclic) bond motifs is 2. The summed E-state index contributed by atoms with van der Waals surface area (Å²) in [5.74, 6) is -2.00. The van der Waals surface area contributed by atoms with E-state index in [0.717, 1.165) is 32.3 Å². The Balaban J connectivity index is 0.00000206. The molecule has 9 heteroatoms. The van der Waals surface area contributed by atoms with Crippen molar-refractivity contribution in [3.63, 3.8) is 0 Å². The second-order valence-electron chi connectivity index (χ2n) is 7.89. The van der Waals surface area contributed by atoms with Crippen LogP contribution in [0.1, 0.15) is 41.4 Å². The molecule has 2 heterocycles. The number of imide groups is 2. The summed E-state index contributed by atoms with van der Waals surface area (Å²) in [6.07, 6.45) is 0. The zero-order valence-corrected chi connectivity index (χ0v) is 24.9. The summed E-state index contributed by atoms with van der Waals surface area (Å²) in [6.45, 7) is 0. The molecule has 0 saturated carbocycles. The first-order valence-corrected chi connectivity index (χ1v) is 11.2. The van der Waals surface area contributed by atoms with E-state index in [4.69, 9.17) is 0 Å². The predicted octanol–water partition coefficient (Wildman–Crippen LogP) is 2.82. The minimum atomic E-state index is -0.565. The van der Waals surface area contributed by atoms with E-state index in [1.165, 1.54) is 0 Å². The van der Waals surface area contributed by atoms with E-state index in [1.807, 2.05) is 12.1 Å². The van der Waals surface area contributed by atoms with Gasteiger partial charge in [-0.05, 0) is 34.4 Å². The third-order valence-electron chi connectivity index (χ3n) is 6.39. The number of hydrogen-bond acceptors (Lipinski definition) is 4. The van der Waals surface area contributed by atoms with Crippen molar-refractivity contribution in [2.45, 2.75) is 0 Å². The second kappa shape index (κ2) is 7.22. The SMILES string of the molecule is O=C1[N-]C(=O)c2cc(Br)c3c4ccc5c6c(cc(Br)c(c7ccc1c2c73)c64)C(=O)NC5=O.[Rb+]. The molecule has 5 aromatic rings. The van der Waals surface area contributed by atoms with E-state index in [9.17, 15) is 19.2 Å². The van der Waals surface area contributed by atoms with Crippen LogP contribution in [0.25, 0.3) is 48.4 Å². The van der Waals surface area contributed by atoms with Crippen LogP contribution in [0.3, 0.4) is 0 Å². The molecule has 5 aromatic carbocycles. The first-order valence-electron chi connectivity index (χ1n) is 9.62. The Bertz CT molecular complexity index is 1700. The Labute approximate surface area is 250 Å². The van der Waals surface area contributed by atoms with Crippen molar-refractivity contribution in [3.8, 4) is 0 Å². The van der Waals surface area contributed by atoms with E-state index < -0.39 is 23.6 Å². The maximum absolute atomic E-state index is 12.6. The van der Waals surface area contributed by atoms with Crippen molar-refractivity contribution in [1.82, 2.24) is 5.32 Å². The second-order valence-corrected chi connectivity index (χ2v) is 9.60. The van der Waals surface area contributed by atoms with Gasteiger partial charge in [-0.2, -0.15) is 0 Å². The average molecular weight is 633 g/mol. The van der Waals surface area contributed by atoms with E-state index in [1.54, 1.807) is 24.3 Å². The number of carbonyl (C=O) groups excluding carboxylic acids is 4. The van der Waals surface area contributed by atoms with E-state index >= 15 is 0 Å². The first kappa shape index (κ1) is 21.9. The van der Waals surface area contributed by atoms with Gasteiger partial charge in [-0.15, -0.1) is 0 Å². The van der Waals surface area contributed by atoms with Gasteiger partial charge in [0.15, 0.2) is 0 Å². The zero-order chi connectivity index (χ0) is 22.0. The molecule has 4 amide bonds. The monoisotopic (exact) mass is 630 g/mol. The van der Waals surface area contributed by atoms with Crippen molar-refractivity contribution >= 4 is 98.6 Å². The molecule has 0 aromatic heterocycles. The van der Waals surface area contributed by atoms with Crippen LogP contribution in [0.5, 0.6) is 0 Å². The molecule has 0 radical (unpaired) electrons. The molecule has 1 N–H and O–H groups in total. The van der Waals surface area contributed by atoms with Crippen molar-refractivity contribution in [1.29, 1.82) is 0 Å². The molecule has 33 heavy (non-hydrogen) atoms. The Morgan fingerprint density at radius 2 is 1.06 bits per heavy atom. The number of benzene rings is 5. The molecule has 0 atom stereocenters. The number of nitrogens with one attached hydrogen (secondary N) is 1. The van der Waals surface area contributed by atoms with Gasteiger partial charge in [-0.1, -0.05) is 50.1 Å². The molecule has 7 rings (SSSR count). The van der Waals surface area contributed by atoms with Gasteiger partial charge in [-0.3, -0.25) is 14.9 Å². The minimum Gasteiger partial charge on any atom is -0.587 e. The third-order valence-corrected chi connectivity index (χ3v) is 7.64. The maximum atomic E-state index is 12.6. The number of halogens is 2. The molecule has 0 fully saturated rings. The van der Waals surface area contributed by atoms with Gasteiger partial charge in [0.25, 0.3) is 11.8 Å². The van der Waals surface area contributed by atoms with E-state index in [2.05, 4.69) is 42.5 Å². The quantitative estimate of drug-likeness (QED) is 0.162. The van der Waals surface area contributed by atoms with Crippen LogP contribution < -0.4 is 63.5 Å². The van der Waals surface area contributed by atoms with Gasteiger partial charge >= 0.3 is 58.2 Å². The number of amides is 4. The average Bonchev–Trinajstić information content (AvgIpc) is 2.76.